The summed E-state index contributed by atoms with van der Waals surface area (Å²) in [5.74, 6) is 0. The summed E-state index contributed by atoms with van der Waals surface area (Å²) in [6, 6.07) is 0.804. The first-order valence-corrected chi connectivity index (χ1v) is 6.45. The molecule has 1 N–H and O–H groups in total. The Hall–Kier alpha value is -0.120. The lowest BCUT2D eigenvalue weighted by Gasteiger charge is -2.52. The van der Waals surface area contributed by atoms with Crippen LogP contribution in [-0.4, -0.2) is 49.3 Å². The second-order valence-electron chi connectivity index (χ2n) is 5.37. The maximum absolute atomic E-state index is 5.44. The van der Waals surface area contributed by atoms with Crippen LogP contribution in [0.4, 0.5) is 0 Å². The van der Waals surface area contributed by atoms with Gasteiger partial charge in [0.25, 0.3) is 0 Å². The van der Waals surface area contributed by atoms with Gasteiger partial charge in [-0.1, -0.05) is 0 Å². The van der Waals surface area contributed by atoms with Gasteiger partial charge in [-0.25, -0.2) is 0 Å². The van der Waals surface area contributed by atoms with Gasteiger partial charge in [-0.3, -0.25) is 4.90 Å². The molecule has 0 unspecified atom stereocenters. The van der Waals surface area contributed by atoms with Crippen LogP contribution in [-0.2, 0) is 4.74 Å². The molecule has 0 aromatic carbocycles. The quantitative estimate of drug-likeness (QED) is 0.698. The van der Waals surface area contributed by atoms with Crippen LogP contribution in [0.3, 0.4) is 0 Å². The molecule has 0 bridgehead atoms. The molecule has 1 saturated carbocycles. The van der Waals surface area contributed by atoms with Crippen molar-refractivity contribution >= 4 is 0 Å². The lowest BCUT2D eigenvalue weighted by Crippen LogP contribution is -2.65. The van der Waals surface area contributed by atoms with Gasteiger partial charge in [0, 0.05) is 44.4 Å². The SMILES string of the molecule is C1CC2(C1)CN(C1CCOCC1)CCN2. The van der Waals surface area contributed by atoms with E-state index in [1.165, 1.54) is 51.7 Å². The molecule has 3 fully saturated rings. The summed E-state index contributed by atoms with van der Waals surface area (Å²) >= 11 is 0. The Labute approximate surface area is 92.2 Å². The number of piperazine rings is 1. The number of nitrogens with zero attached hydrogens (tertiary/aromatic N) is 1. The van der Waals surface area contributed by atoms with Crippen LogP contribution in [0.15, 0.2) is 0 Å². The zero-order chi connectivity index (χ0) is 10.1. The predicted molar refractivity (Wildman–Crippen MR) is 60.0 cm³/mol. The average molecular weight is 210 g/mol. The van der Waals surface area contributed by atoms with Crippen LogP contribution in [0.25, 0.3) is 0 Å². The minimum atomic E-state index is 0.510. The molecule has 3 heteroatoms. The Bertz CT molecular complexity index is 222. The number of hydrogen-bond donors (Lipinski definition) is 1. The molecule has 2 aliphatic heterocycles. The van der Waals surface area contributed by atoms with E-state index in [2.05, 4.69) is 10.2 Å². The van der Waals surface area contributed by atoms with Gasteiger partial charge in [0.15, 0.2) is 0 Å². The van der Waals surface area contributed by atoms with E-state index in [-0.39, 0.29) is 0 Å². The van der Waals surface area contributed by atoms with Crippen molar-refractivity contribution in [2.45, 2.75) is 43.7 Å². The molecule has 0 aromatic heterocycles. The third kappa shape index (κ3) is 1.93. The summed E-state index contributed by atoms with van der Waals surface area (Å²) < 4.78 is 5.44. The van der Waals surface area contributed by atoms with Crippen LogP contribution in [0.1, 0.15) is 32.1 Å². The van der Waals surface area contributed by atoms with Crippen molar-refractivity contribution in [2.75, 3.05) is 32.8 Å². The monoisotopic (exact) mass is 210 g/mol. The highest BCUT2D eigenvalue weighted by atomic mass is 16.5. The van der Waals surface area contributed by atoms with Crippen LogP contribution in [0, 0.1) is 0 Å². The summed E-state index contributed by atoms with van der Waals surface area (Å²) in [4.78, 5) is 2.72. The molecule has 2 heterocycles. The molecule has 3 aliphatic rings. The molecule has 0 radical (unpaired) electrons. The molecular weight excluding hydrogens is 188 g/mol. The largest absolute Gasteiger partial charge is 0.381 e. The molecule has 0 aromatic rings. The van der Waals surface area contributed by atoms with E-state index in [1.807, 2.05) is 0 Å². The van der Waals surface area contributed by atoms with E-state index >= 15 is 0 Å². The second kappa shape index (κ2) is 4.04. The minimum Gasteiger partial charge on any atom is -0.381 e. The van der Waals surface area contributed by atoms with Crippen molar-refractivity contribution in [2.24, 2.45) is 0 Å². The van der Waals surface area contributed by atoms with Crippen LogP contribution in [0.5, 0.6) is 0 Å². The van der Waals surface area contributed by atoms with Gasteiger partial charge in [-0.05, 0) is 32.1 Å². The van der Waals surface area contributed by atoms with E-state index in [1.54, 1.807) is 0 Å². The third-order valence-electron chi connectivity index (χ3n) is 4.42. The third-order valence-corrected chi connectivity index (χ3v) is 4.42. The minimum absolute atomic E-state index is 0.510. The summed E-state index contributed by atoms with van der Waals surface area (Å²) in [5.41, 5.74) is 0.510. The van der Waals surface area contributed by atoms with Crippen molar-refractivity contribution in [3.8, 4) is 0 Å². The molecule has 2 saturated heterocycles. The first-order valence-electron chi connectivity index (χ1n) is 6.45. The van der Waals surface area contributed by atoms with Crippen LogP contribution < -0.4 is 5.32 Å². The Balaban J connectivity index is 1.60. The molecular formula is C12H22N2O. The standard InChI is InChI=1S/C12H22N2O/c1-4-12(5-1)10-14(7-6-13-12)11-2-8-15-9-3-11/h11,13H,1-10H2. The highest BCUT2D eigenvalue weighted by molar-refractivity contribution is 5.02. The Morgan fingerprint density at radius 3 is 2.67 bits per heavy atom. The highest BCUT2D eigenvalue weighted by Gasteiger charge is 2.41. The van der Waals surface area contributed by atoms with E-state index < -0.39 is 0 Å². The number of hydrogen-bond acceptors (Lipinski definition) is 3. The molecule has 3 nitrogen and oxygen atoms in total. The Morgan fingerprint density at radius 2 is 2.00 bits per heavy atom. The van der Waals surface area contributed by atoms with Gasteiger partial charge < -0.3 is 10.1 Å². The maximum atomic E-state index is 5.44. The van der Waals surface area contributed by atoms with Gasteiger partial charge >= 0.3 is 0 Å². The molecule has 15 heavy (non-hydrogen) atoms. The smallest absolute Gasteiger partial charge is 0.0480 e. The summed E-state index contributed by atoms with van der Waals surface area (Å²) in [5, 5.41) is 3.73. The fourth-order valence-electron chi connectivity index (χ4n) is 3.29. The van der Waals surface area contributed by atoms with Gasteiger partial charge in [0.1, 0.15) is 0 Å². The lowest BCUT2D eigenvalue weighted by molar-refractivity contribution is -0.00656. The summed E-state index contributed by atoms with van der Waals surface area (Å²) in [7, 11) is 0. The van der Waals surface area contributed by atoms with Crippen molar-refractivity contribution < 1.29 is 4.74 Å². The van der Waals surface area contributed by atoms with Crippen molar-refractivity contribution in [1.82, 2.24) is 10.2 Å². The second-order valence-corrected chi connectivity index (χ2v) is 5.37. The Kier molecular flexibility index (Phi) is 2.71. The summed E-state index contributed by atoms with van der Waals surface area (Å²) in [6.45, 7) is 5.67. The molecule has 3 rings (SSSR count). The normalized spacial score (nSPS) is 32.8. The lowest BCUT2D eigenvalue weighted by atomic mass is 9.75. The average Bonchev–Trinajstić information content (AvgIpc) is 2.28. The predicted octanol–water partition coefficient (Wildman–Crippen LogP) is 0.993. The van der Waals surface area contributed by atoms with Gasteiger partial charge in [0.05, 0.1) is 0 Å². The molecule has 0 amide bonds. The molecule has 1 aliphatic carbocycles. The fourth-order valence-corrected chi connectivity index (χ4v) is 3.29. The van der Waals surface area contributed by atoms with Crippen molar-refractivity contribution in [3.63, 3.8) is 0 Å². The molecule has 86 valence electrons. The van der Waals surface area contributed by atoms with E-state index in [0.29, 0.717) is 5.54 Å². The number of rotatable bonds is 1. The zero-order valence-electron chi connectivity index (χ0n) is 9.50. The first-order chi connectivity index (χ1) is 7.38. The fraction of sp³-hybridized carbons (Fsp3) is 1.00. The van der Waals surface area contributed by atoms with E-state index in [4.69, 9.17) is 4.74 Å². The van der Waals surface area contributed by atoms with E-state index in [9.17, 15) is 0 Å². The first kappa shape index (κ1) is 10.1. The zero-order valence-corrected chi connectivity index (χ0v) is 9.50. The van der Waals surface area contributed by atoms with Gasteiger partial charge in [-0.2, -0.15) is 0 Å². The van der Waals surface area contributed by atoms with Gasteiger partial charge in [0.2, 0.25) is 0 Å². The number of nitrogens with one attached hydrogen (secondary N) is 1. The van der Waals surface area contributed by atoms with Crippen LogP contribution in [0.2, 0.25) is 0 Å². The van der Waals surface area contributed by atoms with Gasteiger partial charge in [-0.15, -0.1) is 0 Å². The Morgan fingerprint density at radius 1 is 1.20 bits per heavy atom. The maximum Gasteiger partial charge on any atom is 0.0480 e. The topological polar surface area (TPSA) is 24.5 Å². The summed E-state index contributed by atoms with van der Waals surface area (Å²) in [6.07, 6.45) is 6.71. The van der Waals surface area contributed by atoms with Crippen molar-refractivity contribution in [1.29, 1.82) is 0 Å². The highest BCUT2D eigenvalue weighted by Crippen LogP contribution is 2.35. The van der Waals surface area contributed by atoms with Crippen molar-refractivity contribution in [3.05, 3.63) is 0 Å². The molecule has 1 spiro atoms. The van der Waals surface area contributed by atoms with Crippen LogP contribution >= 0.6 is 0 Å². The molecule has 0 atom stereocenters. The van der Waals surface area contributed by atoms with E-state index in [0.717, 1.165) is 19.3 Å². The number of ether oxygens (including phenoxy) is 1.